The highest BCUT2D eigenvalue weighted by Crippen LogP contribution is 2.25. The molecule has 0 aliphatic rings. The minimum absolute atomic E-state index is 0.329. The monoisotopic (exact) mass is 324 g/mol. The van der Waals surface area contributed by atoms with E-state index in [1.165, 1.54) is 11.3 Å². The number of hydrogen-bond donors (Lipinski definition) is 1. The predicted molar refractivity (Wildman–Crippen MR) is 91.4 cm³/mol. The third kappa shape index (κ3) is 3.12. The zero-order chi connectivity index (χ0) is 16.2. The molecule has 0 saturated heterocycles. The molecule has 2 heterocycles. The molecular formula is C16H12N4O2S. The van der Waals surface area contributed by atoms with Crippen molar-refractivity contribution in [3.63, 3.8) is 0 Å². The van der Waals surface area contributed by atoms with Gasteiger partial charge in [-0.1, -0.05) is 17.3 Å². The van der Waals surface area contributed by atoms with Crippen LogP contribution in [0.4, 0.5) is 11.4 Å². The minimum Gasteiger partial charge on any atom is -0.481 e. The zero-order valence-electron chi connectivity index (χ0n) is 12.5. The molecule has 0 amide bonds. The first-order valence-electron chi connectivity index (χ1n) is 6.72. The summed E-state index contributed by atoms with van der Waals surface area (Å²) >= 11 is 1.39. The lowest BCUT2D eigenvalue weighted by molar-refractivity contribution is 0.400. The quantitative estimate of drug-likeness (QED) is 0.589. The van der Waals surface area contributed by atoms with Crippen LogP contribution in [0.3, 0.4) is 0 Å². The van der Waals surface area contributed by atoms with Gasteiger partial charge in [-0.3, -0.25) is 0 Å². The van der Waals surface area contributed by atoms with Gasteiger partial charge in [0.1, 0.15) is 16.0 Å². The van der Waals surface area contributed by atoms with Crippen LogP contribution in [0.15, 0.2) is 35.5 Å². The first-order valence-corrected chi connectivity index (χ1v) is 7.54. The Kier molecular flexibility index (Phi) is 4.17. The summed E-state index contributed by atoms with van der Waals surface area (Å²) in [5.74, 6) is 6.52. The van der Waals surface area contributed by atoms with Crippen molar-refractivity contribution < 1.29 is 4.74 Å². The summed E-state index contributed by atoms with van der Waals surface area (Å²) in [5, 5.41) is 6.55. The number of fused-ring (bicyclic) bond motifs is 1. The van der Waals surface area contributed by atoms with Gasteiger partial charge in [0, 0.05) is 18.7 Å². The van der Waals surface area contributed by atoms with Crippen LogP contribution in [0, 0.1) is 16.7 Å². The van der Waals surface area contributed by atoms with E-state index in [9.17, 15) is 4.91 Å². The second kappa shape index (κ2) is 6.42. The van der Waals surface area contributed by atoms with Gasteiger partial charge >= 0.3 is 0 Å². The van der Waals surface area contributed by atoms with E-state index in [2.05, 4.69) is 32.3 Å². The third-order valence-corrected chi connectivity index (χ3v) is 4.00. The maximum atomic E-state index is 10.8. The largest absolute Gasteiger partial charge is 0.481 e. The predicted octanol–water partition coefficient (Wildman–Crippen LogP) is 3.54. The number of thiazole rings is 1. The van der Waals surface area contributed by atoms with Gasteiger partial charge in [0.05, 0.1) is 12.8 Å². The zero-order valence-corrected chi connectivity index (χ0v) is 13.3. The topological polar surface area (TPSA) is 76.5 Å². The summed E-state index contributed by atoms with van der Waals surface area (Å²) in [6, 6.07) is 8.84. The fourth-order valence-corrected chi connectivity index (χ4v) is 2.77. The molecule has 3 aromatic rings. The van der Waals surface area contributed by atoms with E-state index < -0.39 is 0 Å². The van der Waals surface area contributed by atoms with E-state index in [1.54, 1.807) is 32.4 Å². The van der Waals surface area contributed by atoms with E-state index in [0.29, 0.717) is 27.8 Å². The molecule has 0 radical (unpaired) electrons. The molecule has 0 unspecified atom stereocenters. The standard InChI is InChI=1S/C16H12N4O2S/c1-17-11-5-3-10(9-13(11)20-21)4-8-15-18-12-6-7-14(22-2)19-16(12)23-15/h3,5-7,9,17H,1-2H3. The molecule has 0 aliphatic carbocycles. The molecule has 6 nitrogen and oxygen atoms in total. The summed E-state index contributed by atoms with van der Waals surface area (Å²) in [6.07, 6.45) is 0. The van der Waals surface area contributed by atoms with Crippen LogP contribution in [0.5, 0.6) is 5.88 Å². The van der Waals surface area contributed by atoms with Crippen LogP contribution >= 0.6 is 11.3 Å². The molecule has 0 saturated carbocycles. The number of ether oxygens (including phenoxy) is 1. The van der Waals surface area contributed by atoms with E-state index in [1.807, 2.05) is 12.1 Å². The smallest absolute Gasteiger partial charge is 0.214 e. The Morgan fingerprint density at radius 1 is 1.22 bits per heavy atom. The third-order valence-electron chi connectivity index (χ3n) is 3.12. The average molecular weight is 324 g/mol. The van der Waals surface area contributed by atoms with Crippen LogP contribution in [-0.4, -0.2) is 24.1 Å². The molecule has 7 heteroatoms. The van der Waals surface area contributed by atoms with Gasteiger partial charge in [-0.15, -0.1) is 4.91 Å². The van der Waals surface area contributed by atoms with E-state index in [4.69, 9.17) is 4.74 Å². The molecular weight excluding hydrogens is 312 g/mol. The highest BCUT2D eigenvalue weighted by Gasteiger charge is 2.05. The molecule has 1 aromatic carbocycles. The normalized spacial score (nSPS) is 10.0. The molecule has 0 spiro atoms. The van der Waals surface area contributed by atoms with Crippen molar-refractivity contribution in [1.29, 1.82) is 0 Å². The molecule has 3 rings (SSSR count). The van der Waals surface area contributed by atoms with Crippen LogP contribution in [0.2, 0.25) is 0 Å². The number of anilines is 1. The summed E-state index contributed by atoms with van der Waals surface area (Å²) in [5.41, 5.74) is 2.47. The second-order valence-corrected chi connectivity index (χ2v) is 5.50. The summed E-state index contributed by atoms with van der Waals surface area (Å²) in [7, 11) is 3.31. The molecule has 0 atom stereocenters. The fourth-order valence-electron chi connectivity index (χ4n) is 1.99. The van der Waals surface area contributed by atoms with Gasteiger partial charge in [0.15, 0.2) is 5.01 Å². The van der Waals surface area contributed by atoms with Crippen molar-refractivity contribution in [2.45, 2.75) is 0 Å². The molecule has 0 aliphatic heterocycles. The van der Waals surface area contributed by atoms with Gasteiger partial charge in [-0.2, -0.15) is 0 Å². The van der Waals surface area contributed by atoms with Gasteiger partial charge < -0.3 is 10.1 Å². The number of benzene rings is 1. The van der Waals surface area contributed by atoms with Crippen LogP contribution in [0.25, 0.3) is 10.3 Å². The maximum absolute atomic E-state index is 10.8. The number of aromatic nitrogens is 2. The minimum atomic E-state index is 0.329. The Morgan fingerprint density at radius 3 is 2.83 bits per heavy atom. The Balaban J connectivity index is 1.93. The van der Waals surface area contributed by atoms with Crippen molar-refractivity contribution in [1.82, 2.24) is 9.97 Å². The number of nitrogens with one attached hydrogen (secondary N) is 1. The lowest BCUT2D eigenvalue weighted by atomic mass is 10.2. The van der Waals surface area contributed by atoms with Gasteiger partial charge in [0.25, 0.3) is 0 Å². The van der Waals surface area contributed by atoms with Gasteiger partial charge in [-0.05, 0) is 35.4 Å². The molecule has 0 bridgehead atoms. The Morgan fingerprint density at radius 2 is 2.09 bits per heavy atom. The molecule has 0 fully saturated rings. The van der Waals surface area contributed by atoms with Crippen molar-refractivity contribution in [3.05, 3.63) is 45.8 Å². The van der Waals surface area contributed by atoms with E-state index in [-0.39, 0.29) is 0 Å². The van der Waals surface area contributed by atoms with Gasteiger partial charge in [0.2, 0.25) is 5.88 Å². The van der Waals surface area contributed by atoms with Crippen LogP contribution in [0.1, 0.15) is 10.6 Å². The van der Waals surface area contributed by atoms with Crippen LogP contribution in [-0.2, 0) is 0 Å². The van der Waals surface area contributed by atoms with E-state index >= 15 is 0 Å². The summed E-state index contributed by atoms with van der Waals surface area (Å²) in [6.45, 7) is 0. The molecule has 23 heavy (non-hydrogen) atoms. The molecule has 2 aromatic heterocycles. The second-order valence-electron chi connectivity index (χ2n) is 4.52. The van der Waals surface area contributed by atoms with Crippen molar-refractivity contribution in [2.24, 2.45) is 5.18 Å². The highest BCUT2D eigenvalue weighted by molar-refractivity contribution is 7.18. The number of rotatable bonds is 3. The number of pyridine rings is 1. The molecule has 114 valence electrons. The summed E-state index contributed by atoms with van der Waals surface area (Å²) < 4.78 is 5.09. The van der Waals surface area contributed by atoms with Crippen molar-refractivity contribution >= 4 is 33.1 Å². The highest BCUT2D eigenvalue weighted by atomic mass is 32.1. The maximum Gasteiger partial charge on any atom is 0.214 e. The number of nitroso groups, excluding NO2 is 1. The van der Waals surface area contributed by atoms with E-state index in [0.717, 1.165) is 10.3 Å². The number of nitrogens with zero attached hydrogens (tertiary/aromatic N) is 3. The lowest BCUT2D eigenvalue weighted by Gasteiger charge is -2.01. The number of methoxy groups -OCH3 is 1. The summed E-state index contributed by atoms with van der Waals surface area (Å²) in [4.78, 5) is 20.3. The Bertz CT molecular complexity index is 940. The first-order chi connectivity index (χ1) is 11.2. The fraction of sp³-hybridized carbons (Fsp3) is 0.125. The van der Waals surface area contributed by atoms with Gasteiger partial charge in [-0.25, -0.2) is 9.97 Å². The Labute approximate surface area is 136 Å². The average Bonchev–Trinajstić information content (AvgIpc) is 3.01. The van der Waals surface area contributed by atoms with Crippen molar-refractivity contribution in [2.75, 3.05) is 19.5 Å². The van der Waals surface area contributed by atoms with Crippen LogP contribution < -0.4 is 10.1 Å². The SMILES string of the molecule is CNc1ccc(C#Cc2nc3ccc(OC)nc3s2)cc1N=O. The first kappa shape index (κ1) is 14.9. The Hall–Kier alpha value is -2.98. The molecule has 1 N–H and O–H groups in total. The van der Waals surface area contributed by atoms with Crippen molar-refractivity contribution in [3.8, 4) is 17.7 Å². The number of hydrogen-bond acceptors (Lipinski definition) is 7. The lowest BCUT2D eigenvalue weighted by Crippen LogP contribution is -1.88.